The molecule has 2 heterocycles. The fourth-order valence-corrected chi connectivity index (χ4v) is 10.4. The summed E-state index contributed by atoms with van der Waals surface area (Å²) in [6.07, 6.45) is 1.51. The van der Waals surface area contributed by atoms with Gasteiger partial charge in [-0.3, -0.25) is 24.5 Å². The Morgan fingerprint density at radius 2 is 1.05 bits per heavy atom. The molecule has 8 rings (SSSR count). The molecule has 0 bridgehead atoms. The number of nitrogens with one attached hydrogen (secondary N) is 1. The smallest absolute Gasteiger partial charge is 0.416 e. The van der Waals surface area contributed by atoms with Gasteiger partial charge in [0, 0.05) is 54.9 Å². The molecule has 0 unspecified atom stereocenters. The molecule has 2 saturated carbocycles. The summed E-state index contributed by atoms with van der Waals surface area (Å²) in [5.41, 5.74) is 5.14. The lowest BCUT2D eigenvalue weighted by atomic mass is 9.82. The van der Waals surface area contributed by atoms with Crippen molar-refractivity contribution in [1.29, 1.82) is 0 Å². The van der Waals surface area contributed by atoms with Crippen LogP contribution in [-0.4, -0.2) is 82.1 Å². The first-order chi connectivity index (χ1) is 38.3. The number of rotatable bonds is 17. The van der Waals surface area contributed by atoms with E-state index in [1.807, 2.05) is 26.0 Å². The number of halogens is 8. The van der Waals surface area contributed by atoms with Crippen molar-refractivity contribution in [2.24, 2.45) is 21.8 Å². The number of benzene rings is 4. The summed E-state index contributed by atoms with van der Waals surface area (Å²) in [7, 11) is 2.75. The van der Waals surface area contributed by atoms with E-state index < -0.39 is 35.3 Å². The molecule has 2 aliphatic carbocycles. The van der Waals surface area contributed by atoms with Crippen LogP contribution < -0.4 is 14.8 Å². The van der Waals surface area contributed by atoms with E-state index in [1.54, 1.807) is 67.3 Å². The molecule has 428 valence electrons. The van der Waals surface area contributed by atoms with Crippen LogP contribution in [0.4, 0.5) is 26.3 Å². The van der Waals surface area contributed by atoms with Crippen LogP contribution in [0.1, 0.15) is 165 Å². The van der Waals surface area contributed by atoms with Gasteiger partial charge in [-0.1, -0.05) is 105 Å². The monoisotopic (exact) mass is 1180 g/mol. The number of ether oxygens (including phenoxy) is 4. The number of alkyl halides is 7. The fourth-order valence-electron chi connectivity index (χ4n) is 9.97. The SMILES string of the molecule is COC(=O)C1CNC1.Cl.[2H]C([2H])(Br)c1ccc(C(C)=NCOc2ccc(C3CCCCC3)c(C(F)(F)F)c2)cc1CC.[2H]C([2H])(c1ccc(C(C)=NCOc2ccc(C3CCCCC3)c(C(F)(F)F)c2)cc1CC)N1CC(C(=O)OC)C1. The van der Waals surface area contributed by atoms with Gasteiger partial charge in [-0.25, -0.2) is 0 Å². The number of aliphatic imine (C=N–C) groups is 2. The van der Waals surface area contributed by atoms with Crippen LogP contribution in [0.5, 0.6) is 11.5 Å². The number of hydrogen-bond donors (Lipinski definition) is 1. The van der Waals surface area contributed by atoms with Crippen LogP contribution in [-0.2, 0) is 56.0 Å². The summed E-state index contributed by atoms with van der Waals surface area (Å²) in [4.78, 5) is 32.7. The highest BCUT2D eigenvalue weighted by Gasteiger charge is 2.38. The summed E-state index contributed by atoms with van der Waals surface area (Å²) in [5, 5.41) is 1.36. The predicted molar refractivity (Wildman–Crippen MR) is 301 cm³/mol. The first-order valence-corrected chi connectivity index (χ1v) is 27.4. The highest BCUT2D eigenvalue weighted by Crippen LogP contribution is 2.44. The van der Waals surface area contributed by atoms with Gasteiger partial charge in [0.25, 0.3) is 0 Å². The number of hydrogen-bond acceptors (Lipinski definition) is 10. The first-order valence-electron chi connectivity index (χ1n) is 28.6. The second kappa shape index (κ2) is 30.6. The van der Waals surface area contributed by atoms with Crippen molar-refractivity contribution >= 4 is 51.7 Å². The van der Waals surface area contributed by atoms with Gasteiger partial charge >= 0.3 is 24.3 Å². The van der Waals surface area contributed by atoms with Gasteiger partial charge in [0.15, 0.2) is 13.5 Å². The maximum Gasteiger partial charge on any atom is 0.416 e. The number of aryl methyl sites for hydroxylation is 2. The van der Waals surface area contributed by atoms with E-state index in [-0.39, 0.29) is 73.0 Å². The molecule has 4 fully saturated rings. The van der Waals surface area contributed by atoms with Crippen molar-refractivity contribution in [3.63, 3.8) is 0 Å². The van der Waals surface area contributed by atoms with E-state index in [1.165, 1.54) is 14.2 Å². The number of carbonyl (C=O) groups is 2. The zero-order valence-electron chi connectivity index (χ0n) is 49.3. The van der Waals surface area contributed by atoms with E-state index in [0.29, 0.717) is 59.6 Å². The Bertz CT molecular complexity index is 2830. The van der Waals surface area contributed by atoms with Crippen LogP contribution in [0.3, 0.4) is 0 Å². The van der Waals surface area contributed by atoms with Crippen LogP contribution in [0, 0.1) is 11.8 Å². The lowest BCUT2D eigenvalue weighted by Gasteiger charge is -2.37. The third-order valence-electron chi connectivity index (χ3n) is 14.7. The Morgan fingerprint density at radius 1 is 0.628 bits per heavy atom. The Hall–Kier alpha value is -4.97. The molecule has 0 atom stereocenters. The molecule has 2 aliphatic heterocycles. The molecule has 4 aliphatic rings. The number of methoxy groups -OCH3 is 2. The van der Waals surface area contributed by atoms with Gasteiger partial charge in [-0.05, 0) is 145 Å². The summed E-state index contributed by atoms with van der Waals surface area (Å²) < 4.78 is 136. The molecule has 10 nitrogen and oxygen atoms in total. The highest BCUT2D eigenvalue weighted by molar-refractivity contribution is 9.08. The third kappa shape index (κ3) is 18.0. The van der Waals surface area contributed by atoms with Gasteiger partial charge < -0.3 is 24.3 Å². The molecule has 0 amide bonds. The standard InChI is InChI=1S/C30H37F3N2O3.C25H29BrF3NO.C5H9NO2.ClH/c1-4-21-14-23(10-11-24(21)16-35-17-25(18-35)29(36)37-3)20(2)34-19-38-26-12-13-27(22-8-6-5-7-9-22)28(15-26)30(31,32)33;1-3-18-13-20(9-10-21(18)15-26)17(2)30-16-31-22-11-12-23(19-7-5-4-6-8-19)24(14-22)25(27,28)29;1-8-5(7)4-2-6-3-4;/h10-15,22,25H,4-9,16-19H2,1-3H3;9-14,19H,3-8,15-16H2,1-2H3;4,6H,2-3H2,1H3;1H/i16D2;15D2;;. The van der Waals surface area contributed by atoms with Crippen molar-refractivity contribution in [2.75, 3.05) is 53.9 Å². The molecule has 4 aromatic rings. The van der Waals surface area contributed by atoms with Crippen LogP contribution in [0.15, 0.2) is 82.8 Å². The molecule has 4 aromatic carbocycles. The fraction of sp³-hybridized carbons (Fsp3) is 0.533. The van der Waals surface area contributed by atoms with Crippen LogP contribution in [0.2, 0.25) is 0 Å². The minimum Gasteiger partial charge on any atom is -0.471 e. The predicted octanol–water partition coefficient (Wildman–Crippen LogP) is 14.6. The average molecular weight is 1180 g/mol. The number of carbonyl (C=O) groups excluding carboxylic acids is 2. The lowest BCUT2D eigenvalue weighted by Crippen LogP contribution is -2.50. The largest absolute Gasteiger partial charge is 0.471 e. The topological polar surface area (TPSA) is 111 Å². The summed E-state index contributed by atoms with van der Waals surface area (Å²) in [6, 6.07) is 19.3. The lowest BCUT2D eigenvalue weighted by molar-refractivity contribution is -0.151. The molecule has 0 aromatic heterocycles. The zero-order valence-corrected chi connectivity index (χ0v) is 47.7. The molecular weight excluding hydrogens is 1100 g/mol. The summed E-state index contributed by atoms with van der Waals surface area (Å²) >= 11 is 3.06. The second-order valence-electron chi connectivity index (χ2n) is 19.9. The first kappa shape index (κ1) is 57.7. The number of likely N-dealkylation sites (tertiary alicyclic amines) is 1. The maximum absolute atomic E-state index is 13.9. The van der Waals surface area contributed by atoms with E-state index in [2.05, 4.69) is 36.0 Å². The Kier molecular flexibility index (Phi) is 22.6. The summed E-state index contributed by atoms with van der Waals surface area (Å²) in [5.74, 6) is -0.472. The normalized spacial score (nSPS) is 18.1. The molecule has 1 N–H and O–H groups in total. The number of nitrogens with zero attached hydrogens (tertiary/aromatic N) is 3. The molecular formula is C60H76BrClF6N4O6. The molecule has 0 spiro atoms. The Morgan fingerprint density at radius 3 is 1.42 bits per heavy atom. The van der Waals surface area contributed by atoms with E-state index in [9.17, 15) is 35.9 Å². The maximum atomic E-state index is 13.9. The minimum absolute atomic E-state index is 0. The van der Waals surface area contributed by atoms with Crippen LogP contribution in [0.25, 0.3) is 0 Å². The molecule has 18 heteroatoms. The Balaban J connectivity index is 0.000000265. The Labute approximate surface area is 476 Å². The van der Waals surface area contributed by atoms with Gasteiger partial charge in [-0.15, -0.1) is 12.4 Å². The van der Waals surface area contributed by atoms with E-state index in [4.69, 9.17) is 19.7 Å². The quantitative estimate of drug-likeness (QED) is 0.0482. The minimum atomic E-state index is -4.45. The van der Waals surface area contributed by atoms with Gasteiger partial charge in [0.2, 0.25) is 0 Å². The van der Waals surface area contributed by atoms with E-state index >= 15 is 0 Å². The van der Waals surface area contributed by atoms with Crippen molar-refractivity contribution in [1.82, 2.24) is 10.2 Å². The van der Waals surface area contributed by atoms with Crippen LogP contribution >= 0.6 is 28.3 Å². The molecule has 0 radical (unpaired) electrons. The second-order valence-corrected chi connectivity index (χ2v) is 20.3. The zero-order chi connectivity index (χ0) is 59.3. The van der Waals surface area contributed by atoms with Gasteiger partial charge in [0.05, 0.1) is 37.2 Å². The van der Waals surface area contributed by atoms with Crippen molar-refractivity contribution in [3.8, 4) is 11.5 Å². The van der Waals surface area contributed by atoms with E-state index in [0.717, 1.165) is 112 Å². The number of esters is 2. The molecule has 2 saturated heterocycles. The van der Waals surface area contributed by atoms with Crippen molar-refractivity contribution in [2.45, 2.75) is 141 Å². The van der Waals surface area contributed by atoms with Crippen molar-refractivity contribution < 1.29 is 60.4 Å². The average Bonchev–Trinajstić information content (AvgIpc) is 3.42. The van der Waals surface area contributed by atoms with Gasteiger partial charge in [-0.2, -0.15) is 26.3 Å². The third-order valence-corrected chi connectivity index (χ3v) is 15.2. The summed E-state index contributed by atoms with van der Waals surface area (Å²) in [6.45, 7) is 7.64. The molecule has 78 heavy (non-hydrogen) atoms. The van der Waals surface area contributed by atoms with Gasteiger partial charge in [0.1, 0.15) is 11.5 Å². The highest BCUT2D eigenvalue weighted by atomic mass is 79.9. The van der Waals surface area contributed by atoms with Crippen molar-refractivity contribution in [3.05, 3.63) is 128 Å².